The van der Waals surface area contributed by atoms with Gasteiger partial charge in [0.05, 0.1) is 12.2 Å². The molecule has 0 aliphatic carbocycles. The van der Waals surface area contributed by atoms with Crippen molar-refractivity contribution in [2.24, 2.45) is 5.92 Å². The number of rotatable bonds is 2. The van der Waals surface area contributed by atoms with Crippen LogP contribution in [0.3, 0.4) is 0 Å². The van der Waals surface area contributed by atoms with Crippen LogP contribution in [0.4, 0.5) is 0 Å². The van der Waals surface area contributed by atoms with E-state index in [0.717, 1.165) is 36.6 Å². The molecule has 4 heterocycles. The molecule has 2 saturated heterocycles. The number of nitrogens with one attached hydrogen (secondary N) is 1. The lowest BCUT2D eigenvalue weighted by Crippen LogP contribution is -2.54. The number of thiazole rings is 1. The highest BCUT2D eigenvalue weighted by Gasteiger charge is 2.37. The van der Waals surface area contributed by atoms with Gasteiger partial charge < -0.3 is 10.2 Å². The molecule has 0 radical (unpaired) electrons. The van der Waals surface area contributed by atoms with Crippen molar-refractivity contribution in [3.8, 4) is 0 Å². The Morgan fingerprint density at radius 1 is 1.45 bits per heavy atom. The third kappa shape index (κ3) is 2.03. The molecule has 2 aliphatic heterocycles. The summed E-state index contributed by atoms with van der Waals surface area (Å²) in [7, 11) is 0. The van der Waals surface area contributed by atoms with Crippen molar-refractivity contribution in [3.63, 3.8) is 0 Å². The van der Waals surface area contributed by atoms with Crippen LogP contribution in [0, 0.1) is 5.92 Å². The summed E-state index contributed by atoms with van der Waals surface area (Å²) in [6, 6.07) is 0.400. The highest BCUT2D eigenvalue weighted by molar-refractivity contribution is 7.15. The van der Waals surface area contributed by atoms with Gasteiger partial charge in [-0.1, -0.05) is 0 Å². The Morgan fingerprint density at radius 3 is 3.30 bits per heavy atom. The lowest BCUT2D eigenvalue weighted by molar-refractivity contribution is -0.140. The number of hydrogen-bond donors (Lipinski definition) is 1. The molecule has 0 bridgehead atoms. The number of likely N-dealkylation sites (tertiary alicyclic amines) is 1. The third-order valence-corrected chi connectivity index (χ3v) is 5.26. The molecule has 2 aromatic rings. The predicted octanol–water partition coefficient (Wildman–Crippen LogP) is 1.50. The van der Waals surface area contributed by atoms with Gasteiger partial charge in [0.1, 0.15) is 0 Å². The van der Waals surface area contributed by atoms with E-state index in [1.54, 1.807) is 11.3 Å². The fourth-order valence-corrected chi connectivity index (χ4v) is 4.20. The predicted molar refractivity (Wildman–Crippen MR) is 77.6 cm³/mol. The van der Waals surface area contributed by atoms with Gasteiger partial charge in [-0.25, -0.2) is 4.98 Å². The molecular formula is C14H18N4OS. The topological polar surface area (TPSA) is 49.6 Å². The zero-order chi connectivity index (χ0) is 13.5. The SMILES string of the molecule is O=C1CCC2CNCCC2N1Cc1cn2ccsc2n1. The van der Waals surface area contributed by atoms with Crippen LogP contribution < -0.4 is 5.32 Å². The molecule has 2 unspecified atom stereocenters. The maximum absolute atomic E-state index is 12.3. The highest BCUT2D eigenvalue weighted by Crippen LogP contribution is 2.29. The normalized spacial score (nSPS) is 27.0. The summed E-state index contributed by atoms with van der Waals surface area (Å²) in [6.45, 7) is 2.73. The fraction of sp³-hybridized carbons (Fsp3) is 0.571. The lowest BCUT2D eigenvalue weighted by Gasteiger charge is -2.43. The summed E-state index contributed by atoms with van der Waals surface area (Å²) in [5.41, 5.74) is 1.00. The Morgan fingerprint density at radius 2 is 2.40 bits per heavy atom. The first-order chi connectivity index (χ1) is 9.81. The number of imidazole rings is 1. The van der Waals surface area contributed by atoms with Crippen molar-refractivity contribution in [1.29, 1.82) is 0 Å². The van der Waals surface area contributed by atoms with Crippen LogP contribution in [-0.4, -0.2) is 39.3 Å². The van der Waals surface area contributed by atoms with E-state index in [2.05, 4.69) is 15.2 Å². The molecule has 0 spiro atoms. The number of carbonyl (C=O) groups is 1. The molecule has 2 atom stereocenters. The maximum Gasteiger partial charge on any atom is 0.223 e. The van der Waals surface area contributed by atoms with Crippen LogP contribution in [0.2, 0.25) is 0 Å². The van der Waals surface area contributed by atoms with E-state index >= 15 is 0 Å². The van der Waals surface area contributed by atoms with Crippen molar-refractivity contribution in [3.05, 3.63) is 23.5 Å². The van der Waals surface area contributed by atoms with Gasteiger partial charge in [0.2, 0.25) is 5.91 Å². The summed E-state index contributed by atoms with van der Waals surface area (Å²) in [5.74, 6) is 0.912. The second-order valence-electron chi connectivity index (χ2n) is 5.71. The summed E-state index contributed by atoms with van der Waals surface area (Å²) in [5, 5.41) is 5.47. The van der Waals surface area contributed by atoms with E-state index in [-0.39, 0.29) is 0 Å². The van der Waals surface area contributed by atoms with Crippen LogP contribution in [0.25, 0.3) is 4.96 Å². The summed E-state index contributed by atoms with van der Waals surface area (Å²) >= 11 is 1.63. The average molecular weight is 290 g/mol. The van der Waals surface area contributed by atoms with E-state index in [9.17, 15) is 4.79 Å². The number of carbonyl (C=O) groups excluding carboxylic acids is 1. The number of hydrogen-bond acceptors (Lipinski definition) is 4. The van der Waals surface area contributed by atoms with Crippen molar-refractivity contribution >= 4 is 22.2 Å². The van der Waals surface area contributed by atoms with Crippen molar-refractivity contribution in [1.82, 2.24) is 19.6 Å². The minimum atomic E-state index is 0.296. The zero-order valence-corrected chi connectivity index (χ0v) is 12.1. The van der Waals surface area contributed by atoms with Crippen LogP contribution in [-0.2, 0) is 11.3 Å². The molecular weight excluding hydrogens is 272 g/mol. The minimum Gasteiger partial charge on any atom is -0.333 e. The third-order valence-electron chi connectivity index (χ3n) is 4.49. The fourth-order valence-electron chi connectivity index (χ4n) is 3.48. The van der Waals surface area contributed by atoms with Crippen LogP contribution >= 0.6 is 11.3 Å². The molecule has 2 fully saturated rings. The number of piperidine rings is 2. The van der Waals surface area contributed by atoms with Crippen molar-refractivity contribution in [2.45, 2.75) is 31.8 Å². The Hall–Kier alpha value is -1.40. The number of fused-ring (bicyclic) bond motifs is 2. The standard InChI is InChI=1S/C14H18N4OS/c19-13-2-1-10-7-15-4-3-12(10)18(13)9-11-8-17-5-6-20-14(17)16-11/h5-6,8,10,12,15H,1-4,7,9H2. The first kappa shape index (κ1) is 12.3. The van der Waals surface area contributed by atoms with Crippen molar-refractivity contribution < 1.29 is 4.79 Å². The van der Waals surface area contributed by atoms with E-state index < -0.39 is 0 Å². The van der Waals surface area contributed by atoms with Gasteiger partial charge in [-0.3, -0.25) is 9.20 Å². The van der Waals surface area contributed by atoms with E-state index in [4.69, 9.17) is 0 Å². The summed E-state index contributed by atoms with van der Waals surface area (Å²) < 4.78 is 2.04. The van der Waals surface area contributed by atoms with Gasteiger partial charge in [-0.05, 0) is 31.8 Å². The monoisotopic (exact) mass is 290 g/mol. The molecule has 0 saturated carbocycles. The Balaban J connectivity index is 1.58. The summed E-state index contributed by atoms with van der Waals surface area (Å²) in [6.07, 6.45) is 6.85. The van der Waals surface area contributed by atoms with Crippen LogP contribution in [0.5, 0.6) is 0 Å². The molecule has 106 valence electrons. The van der Waals surface area contributed by atoms with Gasteiger partial charge in [0, 0.05) is 30.2 Å². The minimum absolute atomic E-state index is 0.296. The smallest absolute Gasteiger partial charge is 0.223 e. The Labute approximate surface area is 121 Å². The van der Waals surface area contributed by atoms with E-state index in [1.807, 2.05) is 22.2 Å². The second kappa shape index (κ2) is 4.86. The molecule has 1 amide bonds. The highest BCUT2D eigenvalue weighted by atomic mass is 32.1. The molecule has 2 aliphatic rings. The van der Waals surface area contributed by atoms with Gasteiger partial charge in [-0.2, -0.15) is 0 Å². The molecule has 1 N–H and O–H groups in total. The first-order valence-electron chi connectivity index (χ1n) is 7.22. The molecule has 5 nitrogen and oxygen atoms in total. The summed E-state index contributed by atoms with van der Waals surface area (Å²) in [4.78, 5) is 20.0. The largest absolute Gasteiger partial charge is 0.333 e. The van der Waals surface area contributed by atoms with Gasteiger partial charge in [0.25, 0.3) is 0 Å². The van der Waals surface area contributed by atoms with Gasteiger partial charge in [-0.15, -0.1) is 11.3 Å². The Bertz CT molecular complexity index is 605. The Kier molecular flexibility index (Phi) is 3.00. The second-order valence-corrected chi connectivity index (χ2v) is 6.58. The molecule has 6 heteroatoms. The van der Waals surface area contributed by atoms with Gasteiger partial charge in [0.15, 0.2) is 4.96 Å². The lowest BCUT2D eigenvalue weighted by atomic mass is 9.84. The quantitative estimate of drug-likeness (QED) is 0.912. The molecule has 4 rings (SSSR count). The number of amides is 1. The average Bonchev–Trinajstić information content (AvgIpc) is 3.03. The molecule has 0 aromatic carbocycles. The molecule has 20 heavy (non-hydrogen) atoms. The maximum atomic E-state index is 12.3. The first-order valence-corrected chi connectivity index (χ1v) is 8.10. The zero-order valence-electron chi connectivity index (χ0n) is 11.3. The number of nitrogens with zero attached hydrogens (tertiary/aromatic N) is 3. The van der Waals surface area contributed by atoms with Gasteiger partial charge >= 0.3 is 0 Å². The van der Waals surface area contributed by atoms with Crippen molar-refractivity contribution in [2.75, 3.05) is 13.1 Å². The van der Waals surface area contributed by atoms with Crippen LogP contribution in [0.15, 0.2) is 17.8 Å². The van der Waals surface area contributed by atoms with E-state index in [0.29, 0.717) is 30.8 Å². The number of aromatic nitrogens is 2. The van der Waals surface area contributed by atoms with E-state index in [1.165, 1.54) is 0 Å². The van der Waals surface area contributed by atoms with Crippen LogP contribution in [0.1, 0.15) is 25.0 Å². The molecule has 2 aromatic heterocycles.